The zero-order valence-electron chi connectivity index (χ0n) is 17.9. The molecule has 0 saturated carbocycles. The Hall–Kier alpha value is -2.04. The van der Waals surface area contributed by atoms with Gasteiger partial charge >= 0.3 is 11.9 Å². The molecule has 0 heterocycles. The third kappa shape index (κ3) is 18.0. The lowest BCUT2D eigenvalue weighted by Gasteiger charge is -2.03. The summed E-state index contributed by atoms with van der Waals surface area (Å²) in [5.41, 5.74) is 11.2. The quantitative estimate of drug-likeness (QED) is 0.238. The van der Waals surface area contributed by atoms with E-state index < -0.39 is 11.9 Å². The Bertz CT molecular complexity index is 515. The molecule has 0 bridgehead atoms. The first-order valence-corrected chi connectivity index (χ1v) is 10.1. The fraction of sp³-hybridized carbons (Fsp3) is 0.619. The first kappa shape index (κ1) is 30.2. The van der Waals surface area contributed by atoms with Crippen molar-refractivity contribution in [2.24, 2.45) is 11.5 Å². The molecule has 0 saturated heterocycles. The summed E-state index contributed by atoms with van der Waals surface area (Å²) < 4.78 is 9.21. The van der Waals surface area contributed by atoms with E-state index in [0.717, 1.165) is 38.8 Å². The van der Waals surface area contributed by atoms with Gasteiger partial charge in [0.25, 0.3) is 0 Å². The van der Waals surface area contributed by atoms with Gasteiger partial charge in [0.05, 0.1) is 24.8 Å². The number of methoxy groups -OCH3 is 1. The molecule has 174 valence electrons. The molecule has 0 amide bonds. The van der Waals surface area contributed by atoms with Gasteiger partial charge in [0.2, 0.25) is 0 Å². The lowest BCUT2D eigenvalue weighted by Crippen LogP contribution is -2.09. The van der Waals surface area contributed by atoms with Gasteiger partial charge in [-0.15, -0.1) is 0 Å². The molecular weight excluding hydrogens is 392 g/mol. The number of aliphatic hydroxyl groups is 3. The summed E-state index contributed by atoms with van der Waals surface area (Å²) in [6, 6.07) is 5.88. The number of esters is 2. The Kier molecular flexibility index (Phi) is 23.4. The van der Waals surface area contributed by atoms with E-state index in [0.29, 0.717) is 11.1 Å². The number of ether oxygens (including phenoxy) is 2. The van der Waals surface area contributed by atoms with E-state index in [-0.39, 0.29) is 26.4 Å². The first-order chi connectivity index (χ1) is 14.5. The van der Waals surface area contributed by atoms with Crippen molar-refractivity contribution in [1.29, 1.82) is 0 Å². The fourth-order valence-corrected chi connectivity index (χ4v) is 1.95. The van der Waals surface area contributed by atoms with Crippen molar-refractivity contribution in [3.63, 3.8) is 0 Å². The lowest BCUT2D eigenvalue weighted by atomic mass is 10.1. The Morgan fingerprint density at radius 3 is 1.50 bits per heavy atom. The van der Waals surface area contributed by atoms with E-state index in [9.17, 15) is 9.59 Å². The molecule has 0 aromatic heterocycles. The van der Waals surface area contributed by atoms with Crippen LogP contribution in [-0.4, -0.2) is 73.9 Å². The predicted octanol–water partition coefficient (Wildman–Crippen LogP) is 0.838. The second kappa shape index (κ2) is 23.2. The molecule has 0 aliphatic heterocycles. The third-order valence-corrected chi connectivity index (χ3v) is 3.59. The van der Waals surface area contributed by atoms with Crippen LogP contribution in [-0.2, 0) is 9.47 Å². The smallest absolute Gasteiger partial charge is 0.338 e. The minimum absolute atomic E-state index is 0.0441. The number of hydrogen-bond acceptors (Lipinski definition) is 9. The zero-order chi connectivity index (χ0) is 23.0. The van der Waals surface area contributed by atoms with Gasteiger partial charge in [0.15, 0.2) is 0 Å². The number of aliphatic hydroxyl groups excluding tert-OH is 3. The lowest BCUT2D eigenvalue weighted by molar-refractivity contribution is 0.0433. The van der Waals surface area contributed by atoms with Crippen LogP contribution in [0, 0.1) is 0 Å². The summed E-state index contributed by atoms with van der Waals surface area (Å²) in [6.45, 7) is 1.78. The van der Waals surface area contributed by atoms with Gasteiger partial charge in [0.1, 0.15) is 6.61 Å². The van der Waals surface area contributed by atoms with Crippen molar-refractivity contribution in [2.75, 3.05) is 46.6 Å². The summed E-state index contributed by atoms with van der Waals surface area (Å²) in [4.78, 5) is 22.4. The van der Waals surface area contributed by atoms with Crippen LogP contribution in [0.25, 0.3) is 0 Å². The van der Waals surface area contributed by atoms with Gasteiger partial charge in [-0.3, -0.25) is 0 Å². The van der Waals surface area contributed by atoms with Gasteiger partial charge in [-0.1, -0.05) is 12.8 Å². The number of nitrogens with two attached hydrogens (primary N) is 2. The number of benzene rings is 1. The summed E-state index contributed by atoms with van der Waals surface area (Å²) in [5, 5.41) is 24.6. The molecule has 1 aromatic rings. The molecule has 9 nitrogen and oxygen atoms in total. The Labute approximate surface area is 179 Å². The summed E-state index contributed by atoms with van der Waals surface area (Å²) >= 11 is 0. The maximum absolute atomic E-state index is 11.3. The molecule has 0 atom stereocenters. The van der Waals surface area contributed by atoms with Crippen LogP contribution >= 0.6 is 0 Å². The van der Waals surface area contributed by atoms with Gasteiger partial charge in [-0.25, -0.2) is 9.59 Å². The molecule has 1 aromatic carbocycles. The highest BCUT2D eigenvalue weighted by Crippen LogP contribution is 2.07. The van der Waals surface area contributed by atoms with Crippen LogP contribution in [0.1, 0.15) is 59.2 Å². The summed E-state index contributed by atoms with van der Waals surface area (Å²) in [6.07, 6.45) is 6.23. The number of carbonyl (C=O) groups excluding carboxylic acids is 2. The summed E-state index contributed by atoms with van der Waals surface area (Å²) in [5.74, 6) is -0.999. The second-order valence-electron chi connectivity index (χ2n) is 6.07. The minimum Gasteiger partial charge on any atom is -0.465 e. The number of rotatable bonds is 12. The molecule has 0 fully saturated rings. The number of unbranched alkanes of at least 4 members (excludes halogenated alkanes) is 4. The molecule has 0 radical (unpaired) electrons. The van der Waals surface area contributed by atoms with Crippen molar-refractivity contribution in [3.8, 4) is 0 Å². The van der Waals surface area contributed by atoms with Crippen LogP contribution in [0.4, 0.5) is 0 Å². The molecule has 0 unspecified atom stereocenters. The van der Waals surface area contributed by atoms with Crippen LogP contribution in [0.3, 0.4) is 0 Å². The van der Waals surface area contributed by atoms with Gasteiger partial charge in [-0.2, -0.15) is 0 Å². The van der Waals surface area contributed by atoms with E-state index in [2.05, 4.69) is 4.74 Å². The highest BCUT2D eigenvalue weighted by Gasteiger charge is 2.09. The van der Waals surface area contributed by atoms with Crippen LogP contribution < -0.4 is 11.5 Å². The molecule has 30 heavy (non-hydrogen) atoms. The third-order valence-electron chi connectivity index (χ3n) is 3.59. The normalized spacial score (nSPS) is 9.53. The highest BCUT2D eigenvalue weighted by atomic mass is 16.5. The van der Waals surface area contributed by atoms with Crippen LogP contribution in [0.5, 0.6) is 0 Å². The first-order valence-electron chi connectivity index (χ1n) is 10.1. The van der Waals surface area contributed by atoms with E-state index in [4.69, 9.17) is 31.5 Å². The summed E-state index contributed by atoms with van der Waals surface area (Å²) in [7, 11) is 1.28. The Morgan fingerprint density at radius 2 is 1.17 bits per heavy atom. The Balaban J connectivity index is 0. The van der Waals surface area contributed by atoms with E-state index >= 15 is 0 Å². The van der Waals surface area contributed by atoms with E-state index in [1.54, 1.807) is 0 Å². The monoisotopic (exact) mass is 430 g/mol. The van der Waals surface area contributed by atoms with Gasteiger partial charge < -0.3 is 36.3 Å². The predicted molar refractivity (Wildman–Crippen MR) is 115 cm³/mol. The van der Waals surface area contributed by atoms with Crippen molar-refractivity contribution >= 4 is 11.9 Å². The molecule has 0 aliphatic carbocycles. The minimum atomic E-state index is -0.537. The van der Waals surface area contributed by atoms with Crippen molar-refractivity contribution in [2.45, 2.75) is 38.5 Å². The van der Waals surface area contributed by atoms with E-state index in [1.165, 1.54) is 44.2 Å². The largest absolute Gasteiger partial charge is 0.465 e. The maximum atomic E-state index is 11.3. The highest BCUT2D eigenvalue weighted by molar-refractivity contribution is 5.93. The number of hydrogen-bond donors (Lipinski definition) is 5. The van der Waals surface area contributed by atoms with E-state index in [1.807, 2.05) is 0 Å². The topological polar surface area (TPSA) is 165 Å². The molecule has 1 rings (SSSR count). The molecular formula is C21H38N2O7. The van der Waals surface area contributed by atoms with Crippen molar-refractivity contribution < 1.29 is 34.4 Å². The zero-order valence-corrected chi connectivity index (χ0v) is 17.9. The molecule has 0 aliphatic rings. The fourth-order valence-electron chi connectivity index (χ4n) is 1.95. The van der Waals surface area contributed by atoms with Crippen LogP contribution in [0.2, 0.25) is 0 Å². The van der Waals surface area contributed by atoms with Crippen molar-refractivity contribution in [1.82, 2.24) is 0 Å². The average Bonchev–Trinajstić information content (AvgIpc) is 2.79. The van der Waals surface area contributed by atoms with Gasteiger partial charge in [-0.05, 0) is 63.0 Å². The SMILES string of the molecule is COC(=O)c1ccc(C(=O)OCCO)cc1.NCCCCCCN.OCCCCO. The maximum Gasteiger partial charge on any atom is 0.338 e. The molecule has 9 heteroatoms. The number of carbonyl (C=O) groups is 2. The van der Waals surface area contributed by atoms with Crippen LogP contribution in [0.15, 0.2) is 24.3 Å². The van der Waals surface area contributed by atoms with Gasteiger partial charge in [0, 0.05) is 13.2 Å². The standard InChI is InChI=1S/C11H12O5.C6H16N2.C4H10O2/c1-15-10(13)8-2-4-9(5-3-8)11(14)16-7-6-12;7-5-3-1-2-4-6-8;5-3-1-2-4-6/h2-5,12H,6-7H2,1H3;1-8H2;5-6H,1-4H2. The molecule has 7 N–H and O–H groups in total. The second-order valence-corrected chi connectivity index (χ2v) is 6.07. The van der Waals surface area contributed by atoms with Crippen molar-refractivity contribution in [3.05, 3.63) is 35.4 Å². The Morgan fingerprint density at radius 1 is 0.733 bits per heavy atom. The molecule has 0 spiro atoms. The average molecular weight is 431 g/mol.